The van der Waals surface area contributed by atoms with Crippen molar-refractivity contribution in [3.63, 3.8) is 0 Å². The molecule has 0 spiro atoms. The number of hydrogen-bond donors (Lipinski definition) is 0. The highest BCUT2D eigenvalue weighted by Crippen LogP contribution is 2.09. The van der Waals surface area contributed by atoms with Gasteiger partial charge in [0.15, 0.2) is 0 Å². The van der Waals surface area contributed by atoms with Crippen LogP contribution in [0.1, 0.15) is 34.6 Å². The monoisotopic (exact) mass is 214 g/mol. The number of hydrogen-bond acceptors (Lipinski definition) is 2. The zero-order valence-corrected chi connectivity index (χ0v) is 11.7. The first kappa shape index (κ1) is 13.9. The summed E-state index contributed by atoms with van der Waals surface area (Å²) in [5.41, 5.74) is 0. The minimum absolute atomic E-state index is 1.06. The van der Waals surface area contributed by atoms with E-state index in [1.54, 1.807) is 0 Å². The molecule has 0 heterocycles. The lowest BCUT2D eigenvalue weighted by molar-refractivity contribution is 0.384. The van der Waals surface area contributed by atoms with Crippen molar-refractivity contribution in [3.8, 4) is 0 Å². The highest BCUT2D eigenvalue weighted by Gasteiger charge is 2.24. The van der Waals surface area contributed by atoms with Crippen molar-refractivity contribution < 1.29 is 0 Å². The van der Waals surface area contributed by atoms with Gasteiger partial charge in [-0.3, -0.25) is 0 Å². The summed E-state index contributed by atoms with van der Waals surface area (Å²) in [6.45, 7) is 19.9. The maximum absolute atomic E-state index is 4.17. The molecule has 0 aliphatic rings. The van der Waals surface area contributed by atoms with E-state index in [4.69, 9.17) is 0 Å². The molecule has 3 heteroatoms. The molecule has 0 rings (SSSR count). The van der Waals surface area contributed by atoms with Crippen LogP contribution in [0.4, 0.5) is 0 Å². The molecule has 0 aromatic carbocycles. The Morgan fingerprint density at radius 3 is 1.36 bits per heavy atom. The predicted octanol–water partition coefficient (Wildman–Crippen LogP) is 2.01. The van der Waals surface area contributed by atoms with Crippen LogP contribution in [0.15, 0.2) is 11.8 Å². The topological polar surface area (TPSA) is 6.48 Å². The quantitative estimate of drug-likeness (QED) is 0.598. The number of rotatable bonds is 7. The van der Waals surface area contributed by atoms with Gasteiger partial charge in [0, 0.05) is 0 Å². The largest absolute Gasteiger partial charge is 0.311 e. The highest BCUT2D eigenvalue weighted by molar-refractivity contribution is 6.60. The van der Waals surface area contributed by atoms with Crippen LogP contribution in [-0.2, 0) is 0 Å². The van der Waals surface area contributed by atoms with Gasteiger partial charge in [-0.1, -0.05) is 32.9 Å². The Morgan fingerprint density at radius 2 is 1.21 bits per heavy atom. The van der Waals surface area contributed by atoms with Gasteiger partial charge < -0.3 is 9.13 Å². The molecular formula is C11H26N2Si. The first-order chi connectivity index (χ1) is 6.62. The average molecular weight is 214 g/mol. The molecule has 0 saturated heterocycles. The molecular weight excluding hydrogens is 188 g/mol. The molecule has 2 nitrogen and oxygen atoms in total. The molecule has 0 fully saturated rings. The molecule has 0 unspecified atom stereocenters. The Kier molecular flexibility index (Phi) is 7.14. The van der Waals surface area contributed by atoms with Crippen LogP contribution < -0.4 is 0 Å². The molecule has 0 aromatic heterocycles. The Hall–Kier alpha value is -0.123. The van der Waals surface area contributed by atoms with Gasteiger partial charge in [-0.25, -0.2) is 0 Å². The molecule has 0 amide bonds. The summed E-state index contributed by atoms with van der Waals surface area (Å²) in [5, 5.41) is 1.39. The first-order valence-corrected chi connectivity index (χ1v) is 7.36. The van der Waals surface area contributed by atoms with E-state index in [-0.39, 0.29) is 0 Å². The molecule has 0 saturated carbocycles. The van der Waals surface area contributed by atoms with Gasteiger partial charge in [-0.05, 0) is 33.1 Å². The molecule has 84 valence electrons. The van der Waals surface area contributed by atoms with Gasteiger partial charge in [-0.15, -0.1) is 6.58 Å². The van der Waals surface area contributed by atoms with Crippen LogP contribution in [0.3, 0.4) is 0 Å². The second-order valence-electron chi connectivity index (χ2n) is 3.66. The molecule has 14 heavy (non-hydrogen) atoms. The van der Waals surface area contributed by atoms with Crippen molar-refractivity contribution in [1.82, 2.24) is 9.13 Å². The van der Waals surface area contributed by atoms with E-state index in [1.807, 2.05) is 0 Å². The second-order valence-corrected chi connectivity index (χ2v) is 6.86. The predicted molar refractivity (Wildman–Crippen MR) is 67.8 cm³/mol. The van der Waals surface area contributed by atoms with Gasteiger partial charge >= 0.3 is 0 Å². The summed E-state index contributed by atoms with van der Waals surface area (Å²) in [7, 11) is -1.06. The van der Waals surface area contributed by atoms with Gasteiger partial charge in [-0.2, -0.15) is 0 Å². The Balaban J connectivity index is 4.62. The average Bonchev–Trinajstić information content (AvgIpc) is 2.18. The Bertz CT molecular complexity index is 151. The van der Waals surface area contributed by atoms with E-state index in [9.17, 15) is 0 Å². The summed E-state index contributed by atoms with van der Waals surface area (Å²) >= 11 is 0. The molecule has 0 aromatic rings. The smallest absolute Gasteiger partial charge is 0.218 e. The lowest BCUT2D eigenvalue weighted by Crippen LogP contribution is -2.53. The molecule has 0 radical (unpaired) electrons. The van der Waals surface area contributed by atoms with Crippen LogP contribution in [0.25, 0.3) is 0 Å². The molecule has 0 aliphatic carbocycles. The van der Waals surface area contributed by atoms with Crippen molar-refractivity contribution in [1.29, 1.82) is 0 Å². The third kappa shape index (κ3) is 3.56. The number of allylic oxidation sites excluding steroid dienone is 1. The minimum Gasteiger partial charge on any atom is -0.311 e. The van der Waals surface area contributed by atoms with E-state index in [0.29, 0.717) is 0 Å². The van der Waals surface area contributed by atoms with E-state index in [2.05, 4.69) is 50.3 Å². The van der Waals surface area contributed by atoms with Crippen LogP contribution in [0.5, 0.6) is 0 Å². The van der Waals surface area contributed by atoms with Crippen molar-refractivity contribution in [2.75, 3.05) is 26.2 Å². The van der Waals surface area contributed by atoms with Crippen molar-refractivity contribution >= 4 is 9.12 Å². The van der Waals surface area contributed by atoms with Gasteiger partial charge in [0.2, 0.25) is 9.12 Å². The lowest BCUT2D eigenvalue weighted by Gasteiger charge is -2.36. The molecule has 0 N–H and O–H groups in total. The van der Waals surface area contributed by atoms with Gasteiger partial charge in [0.25, 0.3) is 0 Å². The second kappa shape index (κ2) is 7.21. The summed E-state index contributed by atoms with van der Waals surface area (Å²) in [6.07, 6.45) is 0. The van der Waals surface area contributed by atoms with Crippen LogP contribution in [-0.4, -0.2) is 44.4 Å². The summed E-state index contributed by atoms with van der Waals surface area (Å²) in [5.74, 6) is 0. The standard InChI is InChI=1S/C11H26N2Si/c1-7-12(8-2)14(11(5)6)13(9-3)10-4/h14H,5,7-10H2,1-4,6H3. The van der Waals surface area contributed by atoms with E-state index >= 15 is 0 Å². The fourth-order valence-electron chi connectivity index (χ4n) is 1.99. The van der Waals surface area contributed by atoms with Crippen molar-refractivity contribution in [2.45, 2.75) is 34.6 Å². The fraction of sp³-hybridized carbons (Fsp3) is 0.818. The van der Waals surface area contributed by atoms with Crippen LogP contribution >= 0.6 is 0 Å². The highest BCUT2D eigenvalue weighted by atomic mass is 28.3. The van der Waals surface area contributed by atoms with Crippen molar-refractivity contribution in [3.05, 3.63) is 11.8 Å². The Labute approximate surface area is 91.4 Å². The van der Waals surface area contributed by atoms with E-state index in [0.717, 1.165) is 26.2 Å². The molecule has 0 atom stereocenters. The summed E-state index contributed by atoms with van der Waals surface area (Å²) in [4.78, 5) is 0. The van der Waals surface area contributed by atoms with Gasteiger partial charge in [0.05, 0.1) is 0 Å². The molecule has 0 bridgehead atoms. The third-order valence-electron chi connectivity index (χ3n) is 2.76. The van der Waals surface area contributed by atoms with Crippen LogP contribution in [0.2, 0.25) is 0 Å². The third-order valence-corrected chi connectivity index (χ3v) is 6.48. The normalized spacial score (nSPS) is 11.7. The first-order valence-electron chi connectivity index (χ1n) is 5.75. The van der Waals surface area contributed by atoms with Crippen molar-refractivity contribution in [2.24, 2.45) is 0 Å². The zero-order chi connectivity index (χ0) is 11.1. The zero-order valence-electron chi connectivity index (χ0n) is 10.5. The summed E-state index contributed by atoms with van der Waals surface area (Å²) in [6, 6.07) is 0. The lowest BCUT2D eigenvalue weighted by atomic mass is 10.7. The minimum atomic E-state index is -1.06. The Morgan fingerprint density at radius 1 is 0.929 bits per heavy atom. The fourth-order valence-corrected chi connectivity index (χ4v) is 5.09. The molecule has 0 aliphatic heterocycles. The number of nitrogens with zero attached hydrogens (tertiary/aromatic N) is 2. The van der Waals surface area contributed by atoms with Crippen LogP contribution in [0, 0.1) is 0 Å². The van der Waals surface area contributed by atoms with E-state index in [1.165, 1.54) is 5.20 Å². The maximum atomic E-state index is 4.17. The van der Waals surface area contributed by atoms with Gasteiger partial charge in [0.1, 0.15) is 0 Å². The maximum Gasteiger partial charge on any atom is 0.218 e. The SMILES string of the molecule is C=C(C)[SiH](N(CC)CC)N(CC)CC. The summed E-state index contributed by atoms with van der Waals surface area (Å²) < 4.78 is 5.19. The van der Waals surface area contributed by atoms with E-state index < -0.39 is 9.12 Å².